The van der Waals surface area contributed by atoms with E-state index in [0.717, 1.165) is 0 Å². The molecule has 0 spiro atoms. The molecule has 0 saturated carbocycles. The van der Waals surface area contributed by atoms with Crippen molar-refractivity contribution < 1.29 is 14.3 Å². The van der Waals surface area contributed by atoms with Crippen LogP contribution in [0.25, 0.3) is 0 Å². The molecule has 0 aromatic carbocycles. The molecule has 9 heavy (non-hydrogen) atoms. The Morgan fingerprint density at radius 2 is 2.00 bits per heavy atom. The van der Waals surface area contributed by atoms with E-state index >= 15 is 0 Å². The summed E-state index contributed by atoms with van der Waals surface area (Å²) in [6.45, 7) is 5.81. The van der Waals surface area contributed by atoms with Gasteiger partial charge in [-0.15, -0.1) is 0 Å². The topological polar surface area (TPSA) is 43.4 Å². The fourth-order valence-electron chi connectivity index (χ4n) is 0.315. The smallest absolute Gasteiger partial charge is 0.303 e. The third-order valence-corrected chi connectivity index (χ3v) is 0.796. The fourth-order valence-corrected chi connectivity index (χ4v) is 0.315. The molecule has 1 atom stereocenters. The summed E-state index contributed by atoms with van der Waals surface area (Å²) in [5.74, 6) is -0.843. The lowest BCUT2D eigenvalue weighted by atomic mass is 10.3. The Morgan fingerprint density at radius 3 is 2.11 bits per heavy atom. The van der Waals surface area contributed by atoms with E-state index in [1.807, 2.05) is 0 Å². The van der Waals surface area contributed by atoms with Gasteiger partial charge in [-0.1, -0.05) is 0 Å². The van der Waals surface area contributed by atoms with Crippen LogP contribution in [0.15, 0.2) is 0 Å². The lowest BCUT2D eigenvalue weighted by Crippen LogP contribution is -2.20. The average molecular weight is 129 g/mol. The van der Waals surface area contributed by atoms with Crippen LogP contribution in [0.3, 0.4) is 0 Å². The van der Waals surface area contributed by atoms with Gasteiger partial charge in [0.25, 0.3) is 0 Å². The second-order valence-electron chi connectivity index (χ2n) is 1.72. The molecule has 0 aliphatic heterocycles. The number of ketones is 1. The first-order chi connectivity index (χ1) is 4.04. The molecule has 0 aromatic heterocycles. The fraction of sp³-hybridized carbons (Fsp3) is 0.500. The Labute approximate surface area is 54.0 Å². The van der Waals surface area contributed by atoms with Gasteiger partial charge < -0.3 is 4.74 Å². The molecular weight excluding hydrogens is 120 g/mol. The van der Waals surface area contributed by atoms with Gasteiger partial charge in [0.15, 0.2) is 11.9 Å². The Balaban J connectivity index is 3.63. The zero-order chi connectivity index (χ0) is 7.44. The highest BCUT2D eigenvalue weighted by Crippen LogP contribution is 1.90. The zero-order valence-corrected chi connectivity index (χ0v) is 5.51. The number of carbonyl (C=O) groups is 2. The Morgan fingerprint density at radius 1 is 1.56 bits per heavy atom. The van der Waals surface area contributed by atoms with Crippen molar-refractivity contribution in [3.63, 3.8) is 0 Å². The minimum atomic E-state index is -0.706. The number of ether oxygens (including phenoxy) is 1. The van der Waals surface area contributed by atoms with Gasteiger partial charge in [0.2, 0.25) is 0 Å². The summed E-state index contributed by atoms with van der Waals surface area (Å²) >= 11 is 0. The van der Waals surface area contributed by atoms with Crippen molar-refractivity contribution in [3.05, 3.63) is 6.92 Å². The normalized spacial score (nSPS) is 12.3. The predicted octanol–water partition coefficient (Wildman–Crippen LogP) is 0.341. The number of hydrogen-bond acceptors (Lipinski definition) is 3. The Kier molecular flexibility index (Phi) is 2.91. The number of hydrogen-bond donors (Lipinski definition) is 0. The molecule has 0 saturated heterocycles. The highest BCUT2D eigenvalue weighted by molar-refractivity contribution is 5.88. The van der Waals surface area contributed by atoms with Crippen LogP contribution in [-0.4, -0.2) is 17.9 Å². The Hall–Kier alpha value is -0.860. The van der Waals surface area contributed by atoms with Crippen LogP contribution in [0.1, 0.15) is 13.8 Å². The molecule has 0 N–H and O–H groups in total. The van der Waals surface area contributed by atoms with Gasteiger partial charge in [-0.05, 0) is 6.92 Å². The van der Waals surface area contributed by atoms with Gasteiger partial charge in [0, 0.05) is 13.8 Å². The standard InChI is InChI=1S/C6H9O3/c1-4(7)5(2)9-6(3)8/h5H,1H2,2-3H3. The van der Waals surface area contributed by atoms with E-state index in [-0.39, 0.29) is 5.78 Å². The predicted molar refractivity (Wildman–Crippen MR) is 31.6 cm³/mol. The zero-order valence-electron chi connectivity index (χ0n) is 5.51. The first kappa shape index (κ1) is 8.14. The van der Waals surface area contributed by atoms with E-state index in [0.29, 0.717) is 0 Å². The maximum atomic E-state index is 10.3. The molecule has 3 nitrogen and oxygen atoms in total. The van der Waals surface area contributed by atoms with Gasteiger partial charge >= 0.3 is 5.97 Å². The molecule has 0 heterocycles. The van der Waals surface area contributed by atoms with Crippen LogP contribution in [0, 0.1) is 6.92 Å². The van der Waals surface area contributed by atoms with E-state index in [9.17, 15) is 9.59 Å². The van der Waals surface area contributed by atoms with E-state index < -0.39 is 12.1 Å². The summed E-state index contributed by atoms with van der Waals surface area (Å²) in [7, 11) is 0. The lowest BCUT2D eigenvalue weighted by molar-refractivity contribution is -0.150. The maximum Gasteiger partial charge on any atom is 0.303 e. The SMILES string of the molecule is [CH2]C(=O)C(C)OC(C)=O. The number of esters is 1. The molecule has 3 heteroatoms. The van der Waals surface area contributed by atoms with Crippen LogP contribution in [0.5, 0.6) is 0 Å². The van der Waals surface area contributed by atoms with Crippen molar-refractivity contribution in [2.75, 3.05) is 0 Å². The molecule has 1 unspecified atom stereocenters. The van der Waals surface area contributed by atoms with Crippen LogP contribution in [-0.2, 0) is 14.3 Å². The first-order valence-electron chi connectivity index (χ1n) is 2.57. The third-order valence-electron chi connectivity index (χ3n) is 0.796. The maximum absolute atomic E-state index is 10.3. The van der Waals surface area contributed by atoms with E-state index in [2.05, 4.69) is 11.7 Å². The molecular formula is C6H9O3. The van der Waals surface area contributed by atoms with Crippen molar-refractivity contribution in [2.24, 2.45) is 0 Å². The number of carbonyl (C=O) groups excluding carboxylic acids is 2. The molecule has 0 aliphatic rings. The highest BCUT2D eigenvalue weighted by atomic mass is 16.5. The molecule has 51 valence electrons. The highest BCUT2D eigenvalue weighted by Gasteiger charge is 2.08. The lowest BCUT2D eigenvalue weighted by Gasteiger charge is -2.05. The van der Waals surface area contributed by atoms with Gasteiger partial charge in [0.05, 0.1) is 0 Å². The van der Waals surface area contributed by atoms with Crippen LogP contribution >= 0.6 is 0 Å². The largest absolute Gasteiger partial charge is 0.455 e. The summed E-state index contributed by atoms with van der Waals surface area (Å²) in [4.78, 5) is 20.4. The third kappa shape index (κ3) is 3.70. The summed E-state index contributed by atoms with van der Waals surface area (Å²) in [6, 6.07) is 0. The van der Waals surface area contributed by atoms with Crippen molar-refractivity contribution in [2.45, 2.75) is 20.0 Å². The van der Waals surface area contributed by atoms with Gasteiger partial charge in [-0.3, -0.25) is 9.59 Å². The van der Waals surface area contributed by atoms with Crippen molar-refractivity contribution in [3.8, 4) is 0 Å². The van der Waals surface area contributed by atoms with Crippen LogP contribution in [0.2, 0.25) is 0 Å². The molecule has 0 bridgehead atoms. The minimum Gasteiger partial charge on any atom is -0.455 e. The minimum absolute atomic E-state index is 0.384. The van der Waals surface area contributed by atoms with E-state index in [1.54, 1.807) is 0 Å². The van der Waals surface area contributed by atoms with Crippen LogP contribution in [0.4, 0.5) is 0 Å². The van der Waals surface area contributed by atoms with Gasteiger partial charge in [-0.2, -0.15) is 0 Å². The molecule has 0 aromatic rings. The average Bonchev–Trinajstić information content (AvgIpc) is 1.63. The van der Waals surface area contributed by atoms with Crippen molar-refractivity contribution in [1.29, 1.82) is 0 Å². The number of Topliss-reactive ketones (excluding diaryl/α,β-unsaturated/α-hetero) is 1. The second kappa shape index (κ2) is 3.22. The molecule has 0 amide bonds. The van der Waals surface area contributed by atoms with Gasteiger partial charge in [0.1, 0.15) is 0 Å². The van der Waals surface area contributed by atoms with E-state index in [4.69, 9.17) is 0 Å². The summed E-state index contributed by atoms with van der Waals surface area (Å²) in [5, 5.41) is 0. The quantitative estimate of drug-likeness (QED) is 0.505. The molecule has 0 aliphatic carbocycles. The second-order valence-corrected chi connectivity index (χ2v) is 1.72. The number of rotatable bonds is 2. The molecule has 0 rings (SSSR count). The summed E-state index contributed by atoms with van der Waals surface area (Å²) < 4.78 is 4.46. The van der Waals surface area contributed by atoms with Crippen molar-refractivity contribution >= 4 is 11.8 Å². The van der Waals surface area contributed by atoms with E-state index in [1.165, 1.54) is 13.8 Å². The van der Waals surface area contributed by atoms with Crippen molar-refractivity contribution in [1.82, 2.24) is 0 Å². The molecule has 1 radical (unpaired) electrons. The molecule has 0 fully saturated rings. The van der Waals surface area contributed by atoms with Crippen LogP contribution < -0.4 is 0 Å². The monoisotopic (exact) mass is 129 g/mol. The first-order valence-corrected chi connectivity index (χ1v) is 2.57. The Bertz CT molecular complexity index is 128. The summed E-state index contributed by atoms with van der Waals surface area (Å²) in [5.41, 5.74) is 0. The summed E-state index contributed by atoms with van der Waals surface area (Å²) in [6.07, 6.45) is -0.706. The van der Waals surface area contributed by atoms with Gasteiger partial charge in [-0.25, -0.2) is 0 Å².